The molecule has 0 spiro atoms. The summed E-state index contributed by atoms with van der Waals surface area (Å²) in [6.07, 6.45) is 5.65. The smallest absolute Gasteiger partial charge is 0.0647 e. The fourth-order valence-corrected chi connectivity index (χ4v) is 5.04. The third kappa shape index (κ3) is 2.12. The van der Waals surface area contributed by atoms with Gasteiger partial charge in [0, 0.05) is 26.3 Å². The number of halogens is 2. The van der Waals surface area contributed by atoms with Gasteiger partial charge in [0.2, 0.25) is 0 Å². The summed E-state index contributed by atoms with van der Waals surface area (Å²) in [5, 5.41) is 5.23. The summed E-state index contributed by atoms with van der Waals surface area (Å²) < 4.78 is 0. The summed E-state index contributed by atoms with van der Waals surface area (Å²) in [6, 6.07) is 8.52. The molecule has 0 saturated carbocycles. The van der Waals surface area contributed by atoms with Gasteiger partial charge in [-0.2, -0.15) is 0 Å². The van der Waals surface area contributed by atoms with Crippen molar-refractivity contribution < 1.29 is 0 Å². The van der Waals surface area contributed by atoms with E-state index in [4.69, 9.17) is 23.2 Å². The number of allylic oxidation sites excluding steroid dienone is 2. The van der Waals surface area contributed by atoms with Crippen molar-refractivity contribution >= 4 is 40.2 Å². The molecule has 1 aliphatic heterocycles. The lowest BCUT2D eigenvalue weighted by molar-refractivity contribution is 0.430. The van der Waals surface area contributed by atoms with E-state index in [1.54, 1.807) is 0 Å². The van der Waals surface area contributed by atoms with Gasteiger partial charge in [-0.05, 0) is 43.5 Å². The van der Waals surface area contributed by atoms with Crippen LogP contribution in [0.4, 0.5) is 5.69 Å². The number of benzene rings is 1. The first-order chi connectivity index (χ1) is 10.1. The van der Waals surface area contributed by atoms with Gasteiger partial charge in [0.05, 0.1) is 16.8 Å². The molecule has 0 amide bonds. The Bertz CT molecular complexity index is 734. The van der Waals surface area contributed by atoms with Crippen molar-refractivity contribution in [2.75, 3.05) is 5.32 Å². The Hall–Kier alpha value is -0.960. The van der Waals surface area contributed by atoms with Gasteiger partial charge in [0.25, 0.3) is 0 Å². The van der Waals surface area contributed by atoms with Gasteiger partial charge in [-0.1, -0.05) is 35.4 Å². The van der Waals surface area contributed by atoms with Crippen LogP contribution in [0.15, 0.2) is 36.4 Å². The molecule has 2 aromatic rings. The summed E-state index contributed by atoms with van der Waals surface area (Å²) in [5.74, 6) is 0.881. The highest BCUT2D eigenvalue weighted by molar-refractivity contribution is 7.12. The third-order valence-corrected chi connectivity index (χ3v) is 6.21. The maximum Gasteiger partial charge on any atom is 0.0647 e. The number of fused-ring (bicyclic) bond motifs is 3. The monoisotopic (exact) mass is 335 g/mol. The van der Waals surface area contributed by atoms with Crippen molar-refractivity contribution in [2.24, 2.45) is 5.92 Å². The van der Waals surface area contributed by atoms with Gasteiger partial charge in [-0.3, -0.25) is 0 Å². The zero-order valence-corrected chi connectivity index (χ0v) is 13.9. The maximum atomic E-state index is 6.45. The third-order valence-electron chi connectivity index (χ3n) is 4.48. The summed E-state index contributed by atoms with van der Waals surface area (Å²) in [4.78, 5) is 2.73. The van der Waals surface area contributed by atoms with Gasteiger partial charge < -0.3 is 5.32 Å². The van der Waals surface area contributed by atoms with Crippen LogP contribution < -0.4 is 5.32 Å². The Morgan fingerprint density at radius 1 is 1.14 bits per heavy atom. The lowest BCUT2D eigenvalue weighted by atomic mass is 9.79. The van der Waals surface area contributed by atoms with Crippen molar-refractivity contribution in [2.45, 2.75) is 25.3 Å². The zero-order chi connectivity index (χ0) is 14.6. The van der Waals surface area contributed by atoms with E-state index in [1.165, 1.54) is 9.75 Å². The molecule has 0 radical (unpaired) electrons. The van der Waals surface area contributed by atoms with Crippen LogP contribution in [0.1, 0.15) is 33.7 Å². The van der Waals surface area contributed by atoms with E-state index in [0.29, 0.717) is 17.9 Å². The van der Waals surface area contributed by atoms with Gasteiger partial charge in [0.15, 0.2) is 0 Å². The molecule has 3 atom stereocenters. The molecule has 1 aliphatic carbocycles. The molecule has 3 unspecified atom stereocenters. The first kappa shape index (κ1) is 13.7. The van der Waals surface area contributed by atoms with Crippen molar-refractivity contribution in [1.82, 2.24) is 0 Å². The largest absolute Gasteiger partial charge is 0.376 e. The lowest BCUT2D eigenvalue weighted by Crippen LogP contribution is -2.28. The molecule has 2 heterocycles. The zero-order valence-electron chi connectivity index (χ0n) is 11.6. The van der Waals surface area contributed by atoms with E-state index in [1.807, 2.05) is 23.5 Å². The summed E-state index contributed by atoms with van der Waals surface area (Å²) >= 11 is 14.7. The highest BCUT2D eigenvalue weighted by Crippen LogP contribution is 2.54. The van der Waals surface area contributed by atoms with Crippen LogP contribution in [0.2, 0.25) is 10.0 Å². The van der Waals surface area contributed by atoms with E-state index in [-0.39, 0.29) is 0 Å². The predicted molar refractivity (Wildman–Crippen MR) is 91.9 cm³/mol. The molecule has 4 rings (SSSR count). The van der Waals surface area contributed by atoms with Crippen molar-refractivity contribution in [3.63, 3.8) is 0 Å². The lowest BCUT2D eigenvalue weighted by Gasteiger charge is -2.37. The van der Waals surface area contributed by atoms with Gasteiger partial charge in [-0.15, -0.1) is 11.3 Å². The van der Waals surface area contributed by atoms with Gasteiger partial charge in [0.1, 0.15) is 0 Å². The van der Waals surface area contributed by atoms with E-state index < -0.39 is 0 Å². The number of rotatable bonds is 1. The molecule has 0 fully saturated rings. The second-order valence-corrected chi connectivity index (χ2v) is 7.88. The number of thiophene rings is 1. The quantitative estimate of drug-likeness (QED) is 0.612. The molecule has 21 heavy (non-hydrogen) atoms. The van der Waals surface area contributed by atoms with Crippen LogP contribution in [-0.2, 0) is 0 Å². The molecule has 1 aromatic heterocycles. The maximum absolute atomic E-state index is 6.45. The second-order valence-electron chi connectivity index (χ2n) is 5.74. The molecular weight excluding hydrogens is 321 g/mol. The summed E-state index contributed by atoms with van der Waals surface area (Å²) in [7, 11) is 0. The molecule has 108 valence electrons. The van der Waals surface area contributed by atoms with Crippen LogP contribution in [0.25, 0.3) is 0 Å². The minimum atomic E-state index is 0.312. The molecule has 4 heteroatoms. The van der Waals surface area contributed by atoms with Crippen molar-refractivity contribution in [3.05, 3.63) is 61.8 Å². The summed E-state index contributed by atoms with van der Waals surface area (Å²) in [5.41, 5.74) is 2.17. The Morgan fingerprint density at radius 3 is 2.71 bits per heavy atom. The molecule has 2 aliphatic rings. The molecule has 0 bridgehead atoms. The standard InChI is InChI=1S/C17H15Cl2NS/c1-9-5-8-14(21-9)16-11-4-2-3-10(11)15-12(18)6-7-13(19)17(15)20-16/h2-3,5-8,10-11,16,20H,4H2,1H3. The number of anilines is 1. The molecular formula is C17H15Cl2NS. The highest BCUT2D eigenvalue weighted by atomic mass is 35.5. The van der Waals surface area contributed by atoms with Crippen LogP contribution in [0, 0.1) is 12.8 Å². The normalized spacial score (nSPS) is 26.3. The summed E-state index contributed by atoms with van der Waals surface area (Å²) in [6.45, 7) is 2.15. The second kappa shape index (κ2) is 5.05. The Balaban J connectivity index is 1.86. The molecule has 1 N–H and O–H groups in total. The number of aryl methyl sites for hydroxylation is 1. The van der Waals surface area contributed by atoms with E-state index in [0.717, 1.165) is 27.7 Å². The van der Waals surface area contributed by atoms with E-state index >= 15 is 0 Å². The average molecular weight is 336 g/mol. The van der Waals surface area contributed by atoms with Crippen LogP contribution in [0.3, 0.4) is 0 Å². The molecule has 0 saturated heterocycles. The van der Waals surface area contributed by atoms with Crippen molar-refractivity contribution in [1.29, 1.82) is 0 Å². The van der Waals surface area contributed by atoms with E-state index in [9.17, 15) is 0 Å². The number of nitrogens with one attached hydrogen (secondary N) is 1. The minimum absolute atomic E-state index is 0.312. The van der Waals surface area contributed by atoms with Gasteiger partial charge >= 0.3 is 0 Å². The Kier molecular flexibility index (Phi) is 3.29. The SMILES string of the molecule is Cc1ccc(C2Nc3c(Cl)ccc(Cl)c3C3C=CCC32)s1. The first-order valence-corrected chi connectivity index (χ1v) is 8.70. The van der Waals surface area contributed by atoms with Crippen LogP contribution in [-0.4, -0.2) is 0 Å². The van der Waals surface area contributed by atoms with Crippen molar-refractivity contribution in [3.8, 4) is 0 Å². The highest BCUT2D eigenvalue weighted by Gasteiger charge is 2.40. The fraction of sp³-hybridized carbons (Fsp3) is 0.294. The van der Waals surface area contributed by atoms with E-state index in [2.05, 4.69) is 36.5 Å². The predicted octanol–water partition coefficient (Wildman–Crippen LogP) is 6.19. The fourth-order valence-electron chi connectivity index (χ4n) is 3.53. The first-order valence-electron chi connectivity index (χ1n) is 7.12. The minimum Gasteiger partial charge on any atom is -0.376 e. The molecule has 1 aromatic carbocycles. The Labute approximate surface area is 138 Å². The Morgan fingerprint density at radius 2 is 1.95 bits per heavy atom. The van der Waals surface area contributed by atoms with Gasteiger partial charge in [-0.25, -0.2) is 0 Å². The molecule has 1 nitrogen and oxygen atoms in total. The van der Waals surface area contributed by atoms with Crippen LogP contribution >= 0.6 is 34.5 Å². The average Bonchev–Trinajstić information content (AvgIpc) is 3.10. The number of hydrogen-bond donors (Lipinski definition) is 1. The van der Waals surface area contributed by atoms with Crippen LogP contribution in [0.5, 0.6) is 0 Å². The topological polar surface area (TPSA) is 12.0 Å². The number of hydrogen-bond acceptors (Lipinski definition) is 2.